The molecule has 3 unspecified atom stereocenters. The van der Waals surface area contributed by atoms with Crippen LogP contribution in [0.1, 0.15) is 19.3 Å². The van der Waals surface area contributed by atoms with Gasteiger partial charge in [-0.3, -0.25) is 10.2 Å². The number of nitrogens with one attached hydrogen (secondary N) is 3. The average Bonchev–Trinajstić information content (AvgIpc) is 3.08. The third-order valence-corrected chi connectivity index (χ3v) is 5.84. The van der Waals surface area contributed by atoms with Gasteiger partial charge in [0.05, 0.1) is 5.02 Å². The second-order valence-electron chi connectivity index (χ2n) is 7.10. The van der Waals surface area contributed by atoms with Crippen molar-refractivity contribution in [3.63, 3.8) is 0 Å². The second-order valence-corrected chi connectivity index (χ2v) is 7.51. The van der Waals surface area contributed by atoms with E-state index in [0.717, 1.165) is 51.2 Å². The quantitative estimate of drug-likeness (QED) is 0.751. The molecule has 1 aromatic carbocycles. The first-order valence-corrected chi connectivity index (χ1v) is 9.52. The average molecular weight is 365 g/mol. The summed E-state index contributed by atoms with van der Waals surface area (Å²) in [4.78, 5) is 14.9. The monoisotopic (exact) mass is 364 g/mol. The Labute approximate surface area is 153 Å². The van der Waals surface area contributed by atoms with Gasteiger partial charge in [0.2, 0.25) is 5.91 Å². The van der Waals surface area contributed by atoms with Crippen LogP contribution in [-0.2, 0) is 4.79 Å². The molecule has 3 N–H and O–H groups in total. The lowest BCUT2D eigenvalue weighted by atomic mass is 9.88. The predicted octanol–water partition coefficient (Wildman–Crippen LogP) is 1.16. The van der Waals surface area contributed by atoms with E-state index in [9.17, 15) is 4.79 Å². The minimum atomic E-state index is -0.126. The highest BCUT2D eigenvalue weighted by Crippen LogP contribution is 2.28. The Morgan fingerprint density at radius 2 is 1.96 bits per heavy atom. The molecule has 7 heteroatoms. The van der Waals surface area contributed by atoms with Gasteiger partial charge in [-0.05, 0) is 25.1 Å². The topological polar surface area (TPSA) is 65.6 Å². The Morgan fingerprint density at radius 1 is 1.16 bits per heavy atom. The van der Waals surface area contributed by atoms with Crippen LogP contribution in [0.15, 0.2) is 24.3 Å². The van der Waals surface area contributed by atoms with Crippen LogP contribution in [0.3, 0.4) is 0 Å². The van der Waals surface area contributed by atoms with E-state index in [0.29, 0.717) is 17.0 Å². The maximum absolute atomic E-state index is 12.9. The van der Waals surface area contributed by atoms with Gasteiger partial charge in [0.25, 0.3) is 0 Å². The Morgan fingerprint density at radius 3 is 2.76 bits per heavy atom. The van der Waals surface area contributed by atoms with Crippen LogP contribution in [0.2, 0.25) is 5.02 Å². The molecule has 136 valence electrons. The normalized spacial score (nSPS) is 30.1. The molecule has 4 rings (SSSR count). The van der Waals surface area contributed by atoms with E-state index in [1.165, 1.54) is 0 Å². The number of fused-ring (bicyclic) bond motifs is 1. The SMILES string of the molecule is O=C(C1NNC2CCNCC21)N1CCC(Oc2ccccc2Cl)CC1. The number of amides is 1. The number of rotatable bonds is 3. The number of carbonyl (C=O) groups is 1. The van der Waals surface area contributed by atoms with Crippen LogP contribution < -0.4 is 20.9 Å². The van der Waals surface area contributed by atoms with Gasteiger partial charge >= 0.3 is 0 Å². The number of carbonyl (C=O) groups excluding carboxylic acids is 1. The molecule has 25 heavy (non-hydrogen) atoms. The van der Waals surface area contributed by atoms with Crippen molar-refractivity contribution in [1.82, 2.24) is 21.1 Å². The zero-order valence-electron chi connectivity index (χ0n) is 14.2. The van der Waals surface area contributed by atoms with Crippen molar-refractivity contribution in [1.29, 1.82) is 0 Å². The summed E-state index contributed by atoms with van der Waals surface area (Å²) in [6.07, 6.45) is 2.85. The van der Waals surface area contributed by atoms with Crippen LogP contribution in [0.4, 0.5) is 0 Å². The summed E-state index contributed by atoms with van der Waals surface area (Å²) in [5.74, 6) is 1.27. The van der Waals surface area contributed by atoms with E-state index in [1.54, 1.807) is 0 Å². The molecule has 0 radical (unpaired) electrons. The minimum Gasteiger partial charge on any atom is -0.489 e. The molecule has 0 bridgehead atoms. The Bertz CT molecular complexity index is 621. The van der Waals surface area contributed by atoms with E-state index >= 15 is 0 Å². The van der Waals surface area contributed by atoms with E-state index in [2.05, 4.69) is 16.2 Å². The summed E-state index contributed by atoms with van der Waals surface area (Å²) >= 11 is 6.16. The molecule has 3 heterocycles. The molecular formula is C18H25ClN4O2. The maximum Gasteiger partial charge on any atom is 0.241 e. The molecule has 0 saturated carbocycles. The summed E-state index contributed by atoms with van der Waals surface area (Å²) in [5, 5.41) is 4.04. The van der Waals surface area contributed by atoms with E-state index in [4.69, 9.17) is 16.3 Å². The zero-order chi connectivity index (χ0) is 17.2. The number of halogens is 1. The lowest BCUT2D eigenvalue weighted by molar-refractivity contribution is -0.136. The number of ether oxygens (including phenoxy) is 1. The minimum absolute atomic E-state index is 0.114. The molecule has 3 fully saturated rings. The molecule has 1 aromatic rings. The third kappa shape index (κ3) is 3.62. The van der Waals surface area contributed by atoms with Crippen molar-refractivity contribution in [2.45, 2.75) is 37.5 Å². The largest absolute Gasteiger partial charge is 0.489 e. The molecule has 3 aliphatic rings. The first-order chi connectivity index (χ1) is 12.2. The number of hydrazine groups is 1. The maximum atomic E-state index is 12.9. The van der Waals surface area contributed by atoms with Crippen LogP contribution in [0.25, 0.3) is 0 Å². The van der Waals surface area contributed by atoms with Gasteiger partial charge in [-0.25, -0.2) is 5.43 Å². The van der Waals surface area contributed by atoms with Crippen molar-refractivity contribution in [3.05, 3.63) is 29.3 Å². The molecule has 1 amide bonds. The fraction of sp³-hybridized carbons (Fsp3) is 0.611. The van der Waals surface area contributed by atoms with E-state index in [1.807, 2.05) is 29.2 Å². The van der Waals surface area contributed by atoms with Crippen molar-refractivity contribution >= 4 is 17.5 Å². The highest BCUT2D eigenvalue weighted by molar-refractivity contribution is 6.32. The molecule has 3 saturated heterocycles. The van der Waals surface area contributed by atoms with Gasteiger partial charge in [-0.2, -0.15) is 0 Å². The Balaban J connectivity index is 1.31. The van der Waals surface area contributed by atoms with E-state index in [-0.39, 0.29) is 18.1 Å². The summed E-state index contributed by atoms with van der Waals surface area (Å²) in [6, 6.07) is 7.82. The van der Waals surface area contributed by atoms with Crippen LogP contribution in [-0.4, -0.2) is 55.2 Å². The highest BCUT2D eigenvalue weighted by atomic mass is 35.5. The third-order valence-electron chi connectivity index (χ3n) is 5.53. The van der Waals surface area contributed by atoms with Gasteiger partial charge in [-0.1, -0.05) is 23.7 Å². The molecule has 0 aromatic heterocycles. The number of para-hydroxylation sites is 1. The van der Waals surface area contributed by atoms with Crippen molar-refractivity contribution in [2.24, 2.45) is 5.92 Å². The predicted molar refractivity (Wildman–Crippen MR) is 96.5 cm³/mol. The smallest absolute Gasteiger partial charge is 0.241 e. The van der Waals surface area contributed by atoms with Gasteiger partial charge in [0.15, 0.2) is 0 Å². The first kappa shape index (κ1) is 17.1. The number of piperidine rings is 2. The number of likely N-dealkylation sites (tertiary alicyclic amines) is 1. The summed E-state index contributed by atoms with van der Waals surface area (Å²) in [7, 11) is 0. The number of nitrogens with zero attached hydrogens (tertiary/aromatic N) is 1. The standard InChI is InChI=1S/C18H25ClN4O2/c19-14-3-1-2-4-16(14)25-12-6-9-23(10-7-12)18(24)17-13-11-20-8-5-15(13)21-22-17/h1-4,12-13,15,17,20-22H,5-11H2. The van der Waals surface area contributed by atoms with Gasteiger partial charge in [0, 0.05) is 44.4 Å². The molecular weight excluding hydrogens is 340 g/mol. The van der Waals surface area contributed by atoms with Gasteiger partial charge in [-0.15, -0.1) is 0 Å². The van der Waals surface area contributed by atoms with Crippen molar-refractivity contribution in [3.8, 4) is 5.75 Å². The summed E-state index contributed by atoms with van der Waals surface area (Å²) in [5.41, 5.74) is 6.52. The lowest BCUT2D eigenvalue weighted by Crippen LogP contribution is -2.53. The second kappa shape index (κ2) is 7.50. The molecule has 3 atom stereocenters. The molecule has 3 aliphatic heterocycles. The molecule has 0 aliphatic carbocycles. The number of benzene rings is 1. The molecule has 6 nitrogen and oxygen atoms in total. The fourth-order valence-electron chi connectivity index (χ4n) is 4.07. The van der Waals surface area contributed by atoms with Crippen molar-refractivity contribution < 1.29 is 9.53 Å². The number of hydrogen-bond acceptors (Lipinski definition) is 5. The highest BCUT2D eigenvalue weighted by Gasteiger charge is 2.43. The van der Waals surface area contributed by atoms with Crippen molar-refractivity contribution in [2.75, 3.05) is 26.2 Å². The lowest BCUT2D eigenvalue weighted by Gasteiger charge is -2.35. The van der Waals surface area contributed by atoms with Crippen LogP contribution in [0, 0.1) is 5.92 Å². The molecule has 0 spiro atoms. The van der Waals surface area contributed by atoms with E-state index < -0.39 is 0 Å². The Kier molecular flexibility index (Phi) is 5.12. The zero-order valence-corrected chi connectivity index (χ0v) is 15.0. The first-order valence-electron chi connectivity index (χ1n) is 9.14. The van der Waals surface area contributed by atoms with Crippen LogP contribution >= 0.6 is 11.6 Å². The Hall–Kier alpha value is -1.34. The summed E-state index contributed by atoms with van der Waals surface area (Å²) < 4.78 is 6.02. The van der Waals surface area contributed by atoms with Crippen LogP contribution in [0.5, 0.6) is 5.75 Å². The number of hydrogen-bond donors (Lipinski definition) is 3. The van der Waals surface area contributed by atoms with Gasteiger partial charge in [0.1, 0.15) is 17.9 Å². The summed E-state index contributed by atoms with van der Waals surface area (Å²) in [6.45, 7) is 3.38. The fourth-order valence-corrected chi connectivity index (χ4v) is 4.25. The van der Waals surface area contributed by atoms with Gasteiger partial charge < -0.3 is 15.0 Å².